The Balaban J connectivity index is 1.40. The first kappa shape index (κ1) is 15.6. The van der Waals surface area contributed by atoms with Crippen LogP contribution in [0, 0.1) is 0 Å². The Kier molecular flexibility index (Phi) is 4.97. The van der Waals surface area contributed by atoms with Gasteiger partial charge in [-0.15, -0.1) is 0 Å². The zero-order valence-corrected chi connectivity index (χ0v) is 14.2. The van der Waals surface area contributed by atoms with E-state index in [4.69, 9.17) is 4.74 Å². The van der Waals surface area contributed by atoms with Crippen LogP contribution in [0.15, 0.2) is 12.3 Å². The highest BCUT2D eigenvalue weighted by Gasteiger charge is 2.31. The van der Waals surface area contributed by atoms with E-state index in [2.05, 4.69) is 25.6 Å². The first-order valence-corrected chi connectivity index (χ1v) is 9.47. The summed E-state index contributed by atoms with van der Waals surface area (Å²) >= 11 is 0. The summed E-state index contributed by atoms with van der Waals surface area (Å²) in [6.07, 6.45) is 9.77. The molecule has 1 aromatic rings. The quantitative estimate of drug-likeness (QED) is 0.853. The van der Waals surface area contributed by atoms with Crippen molar-refractivity contribution < 1.29 is 4.74 Å². The third-order valence-electron chi connectivity index (χ3n) is 5.84. The number of hydrogen-bond acceptors (Lipinski definition) is 4. The summed E-state index contributed by atoms with van der Waals surface area (Å²) < 4.78 is 7.85. The highest BCUT2D eigenvalue weighted by atomic mass is 16.5. The molecule has 1 atom stereocenters. The number of hydrogen-bond donors (Lipinski definition) is 0. The minimum absolute atomic E-state index is 0.540. The van der Waals surface area contributed by atoms with Crippen LogP contribution in [0.1, 0.15) is 50.3 Å². The first-order chi connectivity index (χ1) is 11.4. The maximum absolute atomic E-state index is 5.55. The molecular weight excluding hydrogens is 288 g/mol. The molecule has 3 aliphatic heterocycles. The molecule has 0 aliphatic carbocycles. The third kappa shape index (κ3) is 3.62. The zero-order valence-electron chi connectivity index (χ0n) is 14.2. The molecule has 0 radical (unpaired) electrons. The van der Waals surface area contributed by atoms with Crippen molar-refractivity contribution >= 4 is 0 Å². The van der Waals surface area contributed by atoms with Gasteiger partial charge in [0.1, 0.15) is 0 Å². The highest BCUT2D eigenvalue weighted by Crippen LogP contribution is 2.28. The number of likely N-dealkylation sites (tertiary alicyclic amines) is 1. The van der Waals surface area contributed by atoms with Crippen LogP contribution >= 0.6 is 0 Å². The lowest BCUT2D eigenvalue weighted by molar-refractivity contribution is 0.0147. The van der Waals surface area contributed by atoms with Crippen LogP contribution in [0.25, 0.3) is 0 Å². The Labute approximate surface area is 139 Å². The Bertz CT molecular complexity index is 491. The summed E-state index contributed by atoms with van der Waals surface area (Å²) in [4.78, 5) is 5.35. The molecule has 4 rings (SSSR count). The van der Waals surface area contributed by atoms with Crippen molar-refractivity contribution in [1.29, 1.82) is 0 Å². The van der Waals surface area contributed by atoms with E-state index in [0.717, 1.165) is 26.3 Å². The van der Waals surface area contributed by atoms with Gasteiger partial charge in [-0.2, -0.15) is 5.10 Å². The van der Waals surface area contributed by atoms with Gasteiger partial charge >= 0.3 is 0 Å². The lowest BCUT2D eigenvalue weighted by Gasteiger charge is -2.41. The molecule has 5 nitrogen and oxygen atoms in total. The van der Waals surface area contributed by atoms with E-state index in [1.165, 1.54) is 63.9 Å². The average molecular weight is 318 g/mol. The van der Waals surface area contributed by atoms with Gasteiger partial charge in [-0.05, 0) is 51.3 Å². The number of rotatable bonds is 4. The van der Waals surface area contributed by atoms with Gasteiger partial charge in [-0.1, -0.05) is 6.42 Å². The van der Waals surface area contributed by atoms with Crippen LogP contribution in [-0.4, -0.2) is 65.0 Å². The van der Waals surface area contributed by atoms with Gasteiger partial charge in [0.25, 0.3) is 0 Å². The van der Waals surface area contributed by atoms with E-state index in [1.54, 1.807) is 0 Å². The van der Waals surface area contributed by atoms with Gasteiger partial charge in [0.05, 0.1) is 11.7 Å². The van der Waals surface area contributed by atoms with Gasteiger partial charge in [-0.25, -0.2) is 0 Å². The molecule has 2 fully saturated rings. The third-order valence-corrected chi connectivity index (χ3v) is 5.84. The van der Waals surface area contributed by atoms with Crippen LogP contribution < -0.4 is 0 Å². The largest absolute Gasteiger partial charge is 0.381 e. The molecule has 23 heavy (non-hydrogen) atoms. The SMILES string of the molecule is c1cc2n(n1)[C@H](CCN1CCCCC1)CN(C1CCOCC1)C2. The van der Waals surface area contributed by atoms with E-state index in [0.29, 0.717) is 12.1 Å². The molecule has 1 aromatic heterocycles. The van der Waals surface area contributed by atoms with Gasteiger partial charge < -0.3 is 9.64 Å². The van der Waals surface area contributed by atoms with Crippen molar-refractivity contribution in [1.82, 2.24) is 19.6 Å². The summed E-state index contributed by atoms with van der Waals surface area (Å²) in [6, 6.07) is 3.45. The Hall–Kier alpha value is -0.910. The molecule has 0 bridgehead atoms. The van der Waals surface area contributed by atoms with Crippen molar-refractivity contribution in [3.8, 4) is 0 Å². The smallest absolute Gasteiger partial charge is 0.0662 e. The zero-order chi connectivity index (χ0) is 15.5. The maximum atomic E-state index is 5.55. The predicted molar refractivity (Wildman–Crippen MR) is 90.4 cm³/mol. The van der Waals surface area contributed by atoms with Crippen molar-refractivity contribution in [2.45, 2.75) is 57.2 Å². The Morgan fingerprint density at radius 1 is 1.13 bits per heavy atom. The van der Waals surface area contributed by atoms with Crippen LogP contribution in [0.2, 0.25) is 0 Å². The Morgan fingerprint density at radius 3 is 2.78 bits per heavy atom. The second-order valence-corrected chi connectivity index (χ2v) is 7.38. The summed E-state index contributed by atoms with van der Waals surface area (Å²) in [5.41, 5.74) is 1.39. The molecule has 0 spiro atoms. The van der Waals surface area contributed by atoms with Gasteiger partial charge in [-0.3, -0.25) is 9.58 Å². The Morgan fingerprint density at radius 2 is 1.96 bits per heavy atom. The predicted octanol–water partition coefficient (Wildman–Crippen LogP) is 2.29. The maximum Gasteiger partial charge on any atom is 0.0662 e. The van der Waals surface area contributed by atoms with Crippen molar-refractivity contribution in [2.75, 3.05) is 39.4 Å². The van der Waals surface area contributed by atoms with Crippen LogP contribution in [0.4, 0.5) is 0 Å². The molecule has 0 amide bonds. The monoisotopic (exact) mass is 318 g/mol. The molecule has 3 aliphatic rings. The normalized spacial score (nSPS) is 27.9. The lowest BCUT2D eigenvalue weighted by Crippen LogP contribution is -2.46. The number of fused-ring (bicyclic) bond motifs is 1. The number of nitrogens with zero attached hydrogens (tertiary/aromatic N) is 4. The van der Waals surface area contributed by atoms with E-state index in [1.807, 2.05) is 6.20 Å². The molecule has 0 saturated carbocycles. The van der Waals surface area contributed by atoms with E-state index < -0.39 is 0 Å². The average Bonchev–Trinajstić information content (AvgIpc) is 3.10. The summed E-state index contributed by atoms with van der Waals surface area (Å²) in [7, 11) is 0. The molecule has 0 N–H and O–H groups in total. The highest BCUT2D eigenvalue weighted by molar-refractivity contribution is 5.06. The van der Waals surface area contributed by atoms with Crippen LogP contribution in [-0.2, 0) is 11.3 Å². The summed E-state index contributed by atoms with van der Waals surface area (Å²) in [5, 5.41) is 4.63. The van der Waals surface area contributed by atoms with E-state index in [-0.39, 0.29) is 0 Å². The number of ether oxygens (including phenoxy) is 1. The molecule has 4 heterocycles. The summed E-state index contributed by atoms with van der Waals surface area (Å²) in [5.74, 6) is 0. The fraction of sp³-hybridized carbons (Fsp3) is 0.833. The molecule has 2 saturated heterocycles. The topological polar surface area (TPSA) is 33.5 Å². The van der Waals surface area contributed by atoms with Gasteiger partial charge in [0.2, 0.25) is 0 Å². The second-order valence-electron chi connectivity index (χ2n) is 7.38. The van der Waals surface area contributed by atoms with Crippen molar-refractivity contribution in [3.63, 3.8) is 0 Å². The molecule has 5 heteroatoms. The first-order valence-electron chi connectivity index (χ1n) is 9.47. The summed E-state index contributed by atoms with van der Waals surface area (Å²) in [6.45, 7) is 7.89. The van der Waals surface area contributed by atoms with Gasteiger partial charge in [0.15, 0.2) is 0 Å². The second kappa shape index (κ2) is 7.32. The number of piperidine rings is 1. The van der Waals surface area contributed by atoms with Crippen molar-refractivity contribution in [2.24, 2.45) is 0 Å². The minimum atomic E-state index is 0.540. The molecule has 0 unspecified atom stereocenters. The standard InChI is InChI=1S/C18H30N4O/c1-2-9-20(10-3-1)11-5-18-15-21(16-6-12-23-13-7-16)14-17-4-8-19-22(17)18/h4,8,16,18H,1-3,5-7,9-15H2/t18-/m1/s1. The van der Waals surface area contributed by atoms with Crippen molar-refractivity contribution in [3.05, 3.63) is 18.0 Å². The fourth-order valence-electron chi connectivity index (χ4n) is 4.47. The molecular formula is C18H30N4O. The van der Waals surface area contributed by atoms with E-state index in [9.17, 15) is 0 Å². The van der Waals surface area contributed by atoms with Gasteiger partial charge in [0, 0.05) is 45.1 Å². The van der Waals surface area contributed by atoms with Crippen LogP contribution in [0.3, 0.4) is 0 Å². The van der Waals surface area contributed by atoms with Crippen LogP contribution in [0.5, 0.6) is 0 Å². The molecule has 128 valence electrons. The minimum Gasteiger partial charge on any atom is -0.381 e. The number of aromatic nitrogens is 2. The van der Waals surface area contributed by atoms with E-state index >= 15 is 0 Å². The molecule has 0 aromatic carbocycles. The fourth-order valence-corrected chi connectivity index (χ4v) is 4.47. The lowest BCUT2D eigenvalue weighted by atomic mass is 10.0.